The number of carbonyl (C=O) groups is 1. The maximum absolute atomic E-state index is 12.4. The molecule has 0 spiro atoms. The van der Waals surface area contributed by atoms with Crippen molar-refractivity contribution in [3.8, 4) is 17.0 Å². The number of H-pyrrole nitrogens is 1. The third-order valence-electron chi connectivity index (χ3n) is 6.28. The molecule has 170 valence electrons. The van der Waals surface area contributed by atoms with E-state index in [9.17, 15) is 19.8 Å². The van der Waals surface area contributed by atoms with Gasteiger partial charge in [0.05, 0.1) is 5.69 Å². The number of aromatic nitrogens is 2. The Morgan fingerprint density at radius 2 is 2.03 bits per heavy atom. The van der Waals surface area contributed by atoms with Gasteiger partial charge in [-0.15, -0.1) is 0 Å². The lowest BCUT2D eigenvalue weighted by molar-refractivity contribution is 0.0691. The van der Waals surface area contributed by atoms with Crippen LogP contribution >= 0.6 is 0 Å². The van der Waals surface area contributed by atoms with Crippen molar-refractivity contribution in [3.63, 3.8) is 0 Å². The van der Waals surface area contributed by atoms with E-state index in [2.05, 4.69) is 60.0 Å². The number of aromatic hydroxyl groups is 1. The summed E-state index contributed by atoms with van der Waals surface area (Å²) in [5.74, 6) is -1.84. The number of nitrogens with one attached hydrogen (secondary N) is 2. The van der Waals surface area contributed by atoms with Crippen LogP contribution in [0.15, 0.2) is 23.0 Å². The number of benzene rings is 1. The fraction of sp³-hybridized carbons (Fsp3) is 0.417. The Balaban J connectivity index is 1.78. The van der Waals surface area contributed by atoms with Crippen LogP contribution in [0.3, 0.4) is 0 Å². The Bertz CT molecular complexity index is 1260. The van der Waals surface area contributed by atoms with Crippen LogP contribution < -0.4 is 10.9 Å². The molecule has 0 bridgehead atoms. The molecule has 0 saturated carbocycles. The number of hydrogen-bond acceptors (Lipinski definition) is 5. The summed E-state index contributed by atoms with van der Waals surface area (Å²) in [6.45, 7) is 3.85. The van der Waals surface area contributed by atoms with E-state index in [4.69, 9.17) is 0 Å². The zero-order valence-corrected chi connectivity index (χ0v) is 19.0. The number of aromatic carboxylic acids is 1. The number of pyridine rings is 1. The summed E-state index contributed by atoms with van der Waals surface area (Å²) in [6.07, 6.45) is 2.04. The van der Waals surface area contributed by atoms with Gasteiger partial charge in [0, 0.05) is 53.9 Å². The Hall–Kier alpha value is -3.10. The molecule has 1 aliphatic rings. The molecule has 1 aliphatic carbocycles. The van der Waals surface area contributed by atoms with Crippen LogP contribution in [0, 0.1) is 0 Å². The first-order valence-corrected chi connectivity index (χ1v) is 10.9. The SMILES string of the molecule is CC(CN(C)C)NCc1cc2cc3c(cc2n1C)CCCc1c-3[nH]c(=O)c(C(=O)O)c1O. The summed E-state index contributed by atoms with van der Waals surface area (Å²) in [5, 5.41) is 24.5. The minimum atomic E-state index is -1.42. The summed E-state index contributed by atoms with van der Waals surface area (Å²) in [7, 11) is 6.17. The Morgan fingerprint density at radius 1 is 1.28 bits per heavy atom. The third kappa shape index (κ3) is 3.91. The molecule has 1 unspecified atom stereocenters. The standard InChI is InChI=1S/C24H30N4O4/c1-13(12-27(2)3)25-11-16-8-15-9-18-14(10-19(15)28(16)4)6-5-7-17-21(18)26-23(30)20(22(17)29)24(31)32/h8-10,13,25H,5-7,11-12H2,1-4H3,(H,31,32)(H2,26,29,30). The van der Waals surface area contributed by atoms with Crippen molar-refractivity contribution >= 4 is 16.9 Å². The molecule has 0 aliphatic heterocycles. The fourth-order valence-electron chi connectivity index (χ4n) is 4.74. The second kappa shape index (κ2) is 8.44. The number of aryl methyl sites for hydroxylation is 2. The van der Waals surface area contributed by atoms with Gasteiger partial charge < -0.3 is 30.0 Å². The van der Waals surface area contributed by atoms with E-state index in [-0.39, 0.29) is 0 Å². The summed E-state index contributed by atoms with van der Waals surface area (Å²) < 4.78 is 2.19. The molecule has 3 aromatic rings. The molecule has 1 aromatic carbocycles. The van der Waals surface area contributed by atoms with Gasteiger partial charge in [0.1, 0.15) is 5.75 Å². The molecule has 0 saturated heterocycles. The molecule has 4 N–H and O–H groups in total. The smallest absolute Gasteiger partial charge is 0.345 e. The Kier molecular flexibility index (Phi) is 5.83. The van der Waals surface area contributed by atoms with Gasteiger partial charge >= 0.3 is 5.97 Å². The number of aromatic amines is 1. The highest BCUT2D eigenvalue weighted by atomic mass is 16.4. The average molecular weight is 439 g/mol. The van der Waals surface area contributed by atoms with Gasteiger partial charge in [0.2, 0.25) is 0 Å². The molecule has 8 nitrogen and oxygen atoms in total. The van der Waals surface area contributed by atoms with Crippen LogP contribution in [-0.2, 0) is 26.4 Å². The fourth-order valence-corrected chi connectivity index (χ4v) is 4.74. The van der Waals surface area contributed by atoms with E-state index in [0.717, 1.165) is 53.7 Å². The number of carboxylic acid groups (broad SMARTS) is 1. The van der Waals surface area contributed by atoms with E-state index in [1.165, 1.54) is 0 Å². The van der Waals surface area contributed by atoms with Gasteiger partial charge in [-0.1, -0.05) is 0 Å². The first-order valence-electron chi connectivity index (χ1n) is 10.9. The van der Waals surface area contributed by atoms with Gasteiger partial charge in [-0.05, 0) is 64.0 Å². The molecule has 2 heterocycles. The molecule has 2 aromatic heterocycles. The van der Waals surface area contributed by atoms with Crippen LogP contribution in [0.2, 0.25) is 0 Å². The highest BCUT2D eigenvalue weighted by molar-refractivity contribution is 5.93. The zero-order valence-electron chi connectivity index (χ0n) is 19.0. The van der Waals surface area contributed by atoms with Crippen LogP contribution in [0.4, 0.5) is 0 Å². The van der Waals surface area contributed by atoms with Crippen molar-refractivity contribution < 1.29 is 15.0 Å². The Labute approximate surface area is 186 Å². The predicted octanol–water partition coefficient (Wildman–Crippen LogP) is 2.47. The van der Waals surface area contributed by atoms with E-state index >= 15 is 0 Å². The largest absolute Gasteiger partial charge is 0.506 e. The predicted molar refractivity (Wildman–Crippen MR) is 124 cm³/mol. The third-order valence-corrected chi connectivity index (χ3v) is 6.28. The van der Waals surface area contributed by atoms with Gasteiger partial charge in [0.25, 0.3) is 5.56 Å². The van der Waals surface area contributed by atoms with Gasteiger partial charge in [0.15, 0.2) is 5.56 Å². The quantitative estimate of drug-likeness (QED) is 0.471. The molecule has 1 atom stereocenters. The van der Waals surface area contributed by atoms with E-state index in [1.54, 1.807) is 0 Å². The van der Waals surface area contributed by atoms with Crippen LogP contribution in [-0.4, -0.2) is 57.3 Å². The van der Waals surface area contributed by atoms with Gasteiger partial charge in [-0.3, -0.25) is 4.79 Å². The molecule has 0 fully saturated rings. The lowest BCUT2D eigenvalue weighted by Gasteiger charge is -2.18. The van der Waals surface area contributed by atoms with Gasteiger partial charge in [-0.25, -0.2) is 4.79 Å². The first kappa shape index (κ1) is 22.1. The molecule has 0 radical (unpaired) electrons. The number of carboxylic acids is 1. The van der Waals surface area contributed by atoms with Gasteiger partial charge in [-0.2, -0.15) is 0 Å². The number of hydrogen-bond donors (Lipinski definition) is 4. The topological polar surface area (TPSA) is 111 Å². The zero-order chi connectivity index (χ0) is 23.2. The van der Waals surface area contributed by atoms with Crippen molar-refractivity contribution in [2.45, 2.75) is 38.8 Å². The number of likely N-dealkylation sites (N-methyl/N-ethyl adjacent to an activating group) is 1. The van der Waals surface area contributed by atoms with Crippen LogP contribution in [0.5, 0.6) is 5.75 Å². The lowest BCUT2D eigenvalue weighted by atomic mass is 9.98. The number of nitrogens with zero attached hydrogens (tertiary/aromatic N) is 2. The van der Waals surface area contributed by atoms with Crippen molar-refractivity contribution in [1.82, 2.24) is 19.8 Å². The Morgan fingerprint density at radius 3 is 2.72 bits per heavy atom. The van der Waals surface area contributed by atoms with E-state index in [0.29, 0.717) is 23.7 Å². The molecule has 4 rings (SSSR count). The molecular formula is C24H30N4O4. The monoisotopic (exact) mass is 438 g/mol. The molecule has 0 amide bonds. The van der Waals surface area contributed by atoms with E-state index in [1.807, 2.05) is 6.07 Å². The summed E-state index contributed by atoms with van der Waals surface area (Å²) in [4.78, 5) is 28.8. The second-order valence-corrected chi connectivity index (χ2v) is 9.00. The van der Waals surface area contributed by atoms with E-state index < -0.39 is 22.8 Å². The van der Waals surface area contributed by atoms with Crippen molar-refractivity contribution in [2.24, 2.45) is 7.05 Å². The van der Waals surface area contributed by atoms with Crippen molar-refractivity contribution in [2.75, 3.05) is 20.6 Å². The first-order chi connectivity index (χ1) is 15.2. The molecular weight excluding hydrogens is 408 g/mol. The maximum Gasteiger partial charge on any atom is 0.345 e. The summed E-state index contributed by atoms with van der Waals surface area (Å²) in [5.41, 5.74) is 3.84. The minimum Gasteiger partial charge on any atom is -0.506 e. The van der Waals surface area contributed by atoms with Crippen molar-refractivity contribution in [1.29, 1.82) is 0 Å². The number of rotatable bonds is 6. The highest BCUT2D eigenvalue weighted by Crippen LogP contribution is 2.38. The second-order valence-electron chi connectivity index (χ2n) is 9.00. The summed E-state index contributed by atoms with van der Waals surface area (Å²) >= 11 is 0. The summed E-state index contributed by atoms with van der Waals surface area (Å²) in [6, 6.07) is 6.67. The number of fused-ring (bicyclic) bond motifs is 4. The van der Waals surface area contributed by atoms with Crippen LogP contribution in [0.25, 0.3) is 22.2 Å². The maximum atomic E-state index is 12.4. The molecule has 32 heavy (non-hydrogen) atoms. The average Bonchev–Trinajstić information content (AvgIpc) is 2.89. The highest BCUT2D eigenvalue weighted by Gasteiger charge is 2.26. The molecule has 8 heteroatoms. The normalized spacial score (nSPS) is 14.3. The van der Waals surface area contributed by atoms with Crippen molar-refractivity contribution in [3.05, 3.63) is 50.9 Å². The lowest BCUT2D eigenvalue weighted by Crippen LogP contribution is -2.35. The minimum absolute atomic E-state index is 0.350. The van der Waals surface area contributed by atoms with Crippen LogP contribution in [0.1, 0.15) is 40.5 Å².